The number of nitrogens with two attached hydrogens (primary N) is 1. The van der Waals surface area contributed by atoms with Crippen LogP contribution in [0.4, 0.5) is 0 Å². The van der Waals surface area contributed by atoms with E-state index in [2.05, 4.69) is 4.98 Å². The molecule has 0 aliphatic heterocycles. The second-order valence-corrected chi connectivity index (χ2v) is 5.07. The van der Waals surface area contributed by atoms with Gasteiger partial charge in [0.25, 0.3) is 0 Å². The van der Waals surface area contributed by atoms with Crippen molar-refractivity contribution in [3.63, 3.8) is 0 Å². The van der Waals surface area contributed by atoms with Crippen molar-refractivity contribution in [3.8, 4) is 0 Å². The van der Waals surface area contributed by atoms with Crippen LogP contribution in [0.15, 0.2) is 24.5 Å². The standard InChI is InChI=1S/C13H19N3O/c1-13(14,11-3-4-11)12(17)16(2)9-10-5-7-15-8-6-10/h5-8,11H,3-4,9,14H2,1-2H3. The van der Waals surface area contributed by atoms with E-state index in [9.17, 15) is 4.79 Å². The van der Waals surface area contributed by atoms with Gasteiger partial charge in [-0.3, -0.25) is 9.78 Å². The van der Waals surface area contributed by atoms with Crippen LogP contribution in [0.5, 0.6) is 0 Å². The average Bonchev–Trinajstić information content (AvgIpc) is 3.13. The molecule has 1 amide bonds. The summed E-state index contributed by atoms with van der Waals surface area (Å²) in [6, 6.07) is 3.82. The van der Waals surface area contributed by atoms with Crippen molar-refractivity contribution in [2.75, 3.05) is 7.05 Å². The summed E-state index contributed by atoms with van der Waals surface area (Å²) in [5, 5.41) is 0. The Morgan fingerprint density at radius 2 is 2.12 bits per heavy atom. The van der Waals surface area contributed by atoms with Gasteiger partial charge in [-0.2, -0.15) is 0 Å². The zero-order valence-corrected chi connectivity index (χ0v) is 10.4. The van der Waals surface area contributed by atoms with Crippen LogP contribution in [0, 0.1) is 5.92 Å². The smallest absolute Gasteiger partial charge is 0.242 e. The van der Waals surface area contributed by atoms with Gasteiger partial charge >= 0.3 is 0 Å². The van der Waals surface area contributed by atoms with Gasteiger partial charge in [0.05, 0.1) is 5.54 Å². The minimum absolute atomic E-state index is 0.0248. The molecule has 0 bridgehead atoms. The predicted octanol–water partition coefficient (Wildman–Crippen LogP) is 1.17. The third-order valence-corrected chi connectivity index (χ3v) is 3.40. The summed E-state index contributed by atoms with van der Waals surface area (Å²) in [6.45, 7) is 2.43. The second kappa shape index (κ2) is 4.45. The molecule has 4 heteroatoms. The van der Waals surface area contributed by atoms with E-state index in [0.29, 0.717) is 12.5 Å². The lowest BCUT2D eigenvalue weighted by molar-refractivity contribution is -0.136. The first-order chi connectivity index (χ1) is 8.01. The van der Waals surface area contributed by atoms with E-state index in [-0.39, 0.29) is 5.91 Å². The lowest BCUT2D eigenvalue weighted by atomic mass is 9.95. The van der Waals surface area contributed by atoms with Crippen LogP contribution in [0.25, 0.3) is 0 Å². The fourth-order valence-electron chi connectivity index (χ4n) is 2.10. The summed E-state index contributed by atoms with van der Waals surface area (Å²) in [5.74, 6) is 0.381. The van der Waals surface area contributed by atoms with E-state index in [1.807, 2.05) is 19.1 Å². The third-order valence-electron chi connectivity index (χ3n) is 3.40. The average molecular weight is 233 g/mol. The zero-order chi connectivity index (χ0) is 12.5. The monoisotopic (exact) mass is 233 g/mol. The van der Waals surface area contributed by atoms with Crippen LogP contribution >= 0.6 is 0 Å². The SMILES string of the molecule is CN(Cc1ccncc1)C(=O)C(C)(N)C1CC1. The normalized spacial score (nSPS) is 18.5. The quantitative estimate of drug-likeness (QED) is 0.849. The Labute approximate surface area is 102 Å². The minimum atomic E-state index is -0.707. The van der Waals surface area contributed by atoms with Crippen molar-refractivity contribution in [1.29, 1.82) is 0 Å². The second-order valence-electron chi connectivity index (χ2n) is 5.07. The molecule has 0 saturated heterocycles. The molecule has 1 aromatic heterocycles. The van der Waals surface area contributed by atoms with Gasteiger partial charge in [0.1, 0.15) is 0 Å². The number of likely N-dealkylation sites (N-methyl/N-ethyl adjacent to an activating group) is 1. The largest absolute Gasteiger partial charge is 0.340 e. The molecule has 2 N–H and O–H groups in total. The molecule has 1 heterocycles. The lowest BCUT2D eigenvalue weighted by Gasteiger charge is -2.29. The highest BCUT2D eigenvalue weighted by Crippen LogP contribution is 2.38. The fourth-order valence-corrected chi connectivity index (χ4v) is 2.10. The van der Waals surface area contributed by atoms with Gasteiger partial charge in [-0.15, -0.1) is 0 Å². The number of carbonyl (C=O) groups excluding carboxylic acids is 1. The molecule has 0 spiro atoms. The maximum atomic E-state index is 12.2. The highest BCUT2D eigenvalue weighted by molar-refractivity contribution is 5.86. The van der Waals surface area contributed by atoms with E-state index < -0.39 is 5.54 Å². The Kier molecular flexibility index (Phi) is 3.15. The Hall–Kier alpha value is -1.42. The summed E-state index contributed by atoms with van der Waals surface area (Å²) in [7, 11) is 1.80. The topological polar surface area (TPSA) is 59.2 Å². The minimum Gasteiger partial charge on any atom is -0.340 e. The molecule has 1 fully saturated rings. The number of nitrogens with zero attached hydrogens (tertiary/aromatic N) is 2. The van der Waals surface area contributed by atoms with Crippen molar-refractivity contribution in [2.24, 2.45) is 11.7 Å². The summed E-state index contributed by atoms with van der Waals surface area (Å²) >= 11 is 0. The molecule has 92 valence electrons. The number of hydrogen-bond donors (Lipinski definition) is 1. The summed E-state index contributed by atoms with van der Waals surface area (Å²) in [5.41, 5.74) is 6.48. The maximum Gasteiger partial charge on any atom is 0.242 e. The number of pyridine rings is 1. The van der Waals surface area contributed by atoms with Crippen molar-refractivity contribution < 1.29 is 4.79 Å². The zero-order valence-electron chi connectivity index (χ0n) is 10.4. The first-order valence-electron chi connectivity index (χ1n) is 5.95. The Bertz CT molecular complexity index is 398. The first-order valence-corrected chi connectivity index (χ1v) is 5.95. The van der Waals surface area contributed by atoms with Crippen LogP contribution in [0.1, 0.15) is 25.3 Å². The molecule has 1 atom stereocenters. The van der Waals surface area contributed by atoms with Gasteiger partial charge in [0.2, 0.25) is 5.91 Å². The molecule has 2 rings (SSSR count). The summed E-state index contributed by atoms with van der Waals surface area (Å²) in [6.07, 6.45) is 5.61. The van der Waals surface area contributed by atoms with Crippen molar-refractivity contribution in [3.05, 3.63) is 30.1 Å². The van der Waals surface area contributed by atoms with Gasteiger partial charge in [-0.05, 0) is 43.4 Å². The van der Waals surface area contributed by atoms with E-state index >= 15 is 0 Å². The molecule has 4 nitrogen and oxygen atoms in total. The van der Waals surface area contributed by atoms with Gasteiger partial charge in [0, 0.05) is 26.0 Å². The van der Waals surface area contributed by atoms with Gasteiger partial charge < -0.3 is 10.6 Å². The molecule has 1 aliphatic rings. The Morgan fingerprint density at radius 3 is 2.65 bits per heavy atom. The highest BCUT2D eigenvalue weighted by atomic mass is 16.2. The third kappa shape index (κ3) is 2.64. The molecular formula is C13H19N3O. The molecule has 17 heavy (non-hydrogen) atoms. The molecular weight excluding hydrogens is 214 g/mol. The molecule has 1 saturated carbocycles. The summed E-state index contributed by atoms with van der Waals surface area (Å²) < 4.78 is 0. The number of aromatic nitrogens is 1. The van der Waals surface area contributed by atoms with Crippen molar-refractivity contribution in [1.82, 2.24) is 9.88 Å². The molecule has 0 aromatic carbocycles. The molecule has 1 aromatic rings. The van der Waals surface area contributed by atoms with E-state index in [4.69, 9.17) is 5.73 Å². The highest BCUT2D eigenvalue weighted by Gasteiger charge is 2.45. The Morgan fingerprint density at radius 1 is 1.53 bits per heavy atom. The molecule has 1 aliphatic carbocycles. The number of amides is 1. The van der Waals surface area contributed by atoms with Gasteiger partial charge in [-0.25, -0.2) is 0 Å². The van der Waals surface area contributed by atoms with E-state index in [1.54, 1.807) is 24.3 Å². The van der Waals surface area contributed by atoms with Crippen molar-refractivity contribution >= 4 is 5.91 Å². The van der Waals surface area contributed by atoms with Crippen LogP contribution in [0.3, 0.4) is 0 Å². The van der Waals surface area contributed by atoms with Crippen LogP contribution in [-0.2, 0) is 11.3 Å². The lowest BCUT2D eigenvalue weighted by Crippen LogP contribution is -2.53. The van der Waals surface area contributed by atoms with Crippen LogP contribution < -0.4 is 5.73 Å². The maximum absolute atomic E-state index is 12.2. The molecule has 1 unspecified atom stereocenters. The van der Waals surface area contributed by atoms with Gasteiger partial charge in [0.15, 0.2) is 0 Å². The fraction of sp³-hybridized carbons (Fsp3) is 0.538. The van der Waals surface area contributed by atoms with E-state index in [0.717, 1.165) is 18.4 Å². The first kappa shape index (κ1) is 12.0. The molecule has 0 radical (unpaired) electrons. The number of hydrogen-bond acceptors (Lipinski definition) is 3. The van der Waals surface area contributed by atoms with E-state index in [1.165, 1.54) is 0 Å². The predicted molar refractivity (Wildman–Crippen MR) is 66.0 cm³/mol. The van der Waals surface area contributed by atoms with Crippen LogP contribution in [-0.4, -0.2) is 28.4 Å². The summed E-state index contributed by atoms with van der Waals surface area (Å²) in [4.78, 5) is 17.9. The number of carbonyl (C=O) groups is 1. The number of rotatable bonds is 4. The van der Waals surface area contributed by atoms with Crippen LogP contribution in [0.2, 0.25) is 0 Å². The Balaban J connectivity index is 2.00. The van der Waals surface area contributed by atoms with Crippen molar-refractivity contribution in [2.45, 2.75) is 31.8 Å². The van der Waals surface area contributed by atoms with Gasteiger partial charge in [-0.1, -0.05) is 0 Å².